The van der Waals surface area contributed by atoms with Crippen LogP contribution < -0.4 is 5.32 Å². The summed E-state index contributed by atoms with van der Waals surface area (Å²) in [7, 11) is 0. The molecule has 114 valence electrons. The van der Waals surface area contributed by atoms with Crippen LogP contribution in [0.25, 0.3) is 0 Å². The van der Waals surface area contributed by atoms with Crippen LogP contribution in [0.2, 0.25) is 0 Å². The maximum Gasteiger partial charge on any atom is 0.00106 e. The van der Waals surface area contributed by atoms with Gasteiger partial charge in [0.2, 0.25) is 0 Å². The predicted octanol–water partition coefficient (Wildman–Crippen LogP) is 4.94. The molecular weight excluding hydrogens is 242 g/mol. The Morgan fingerprint density at radius 3 is 1.95 bits per heavy atom. The summed E-state index contributed by atoms with van der Waals surface area (Å²) in [6.45, 7) is 17.0. The van der Waals surface area contributed by atoms with E-state index in [4.69, 9.17) is 0 Å². The van der Waals surface area contributed by atoms with Crippen molar-refractivity contribution in [2.45, 2.75) is 72.8 Å². The Kier molecular flexibility index (Phi) is 5.82. The van der Waals surface area contributed by atoms with Gasteiger partial charge in [-0.05, 0) is 34.8 Å². The molecule has 1 aromatic carbocycles. The quantitative estimate of drug-likeness (QED) is 0.775. The zero-order valence-electron chi connectivity index (χ0n) is 14.5. The summed E-state index contributed by atoms with van der Waals surface area (Å²) in [6, 6.07) is 9.74. The molecule has 0 heterocycles. The average Bonchev–Trinajstić information content (AvgIpc) is 2.34. The third kappa shape index (κ3) is 6.09. The van der Waals surface area contributed by atoms with Crippen molar-refractivity contribution < 1.29 is 0 Å². The molecule has 0 unspecified atom stereocenters. The molecular formula is C19H33N. The maximum absolute atomic E-state index is 3.55. The predicted molar refractivity (Wildman–Crippen MR) is 90.4 cm³/mol. The molecule has 1 rings (SSSR count). The smallest absolute Gasteiger partial charge is 0.00106 e. The molecule has 0 atom stereocenters. The Labute approximate surface area is 126 Å². The largest absolute Gasteiger partial charge is 0.314 e. The molecule has 0 amide bonds. The Hall–Kier alpha value is -0.820. The number of hydrogen-bond acceptors (Lipinski definition) is 1. The highest BCUT2D eigenvalue weighted by Gasteiger charge is 2.18. The molecule has 0 aliphatic carbocycles. The molecule has 0 fully saturated rings. The molecule has 1 heteroatoms. The van der Waals surface area contributed by atoms with E-state index in [0.717, 1.165) is 13.0 Å². The minimum Gasteiger partial charge on any atom is -0.314 e. The van der Waals surface area contributed by atoms with Crippen molar-refractivity contribution in [2.24, 2.45) is 5.41 Å². The summed E-state index contributed by atoms with van der Waals surface area (Å²) in [4.78, 5) is 0. The number of hydrogen-bond donors (Lipinski definition) is 1. The first-order chi connectivity index (χ1) is 9.10. The van der Waals surface area contributed by atoms with Gasteiger partial charge in [0.15, 0.2) is 0 Å². The lowest BCUT2D eigenvalue weighted by Crippen LogP contribution is -2.34. The number of nitrogens with one attached hydrogen (secondary N) is 1. The second-order valence-electron chi connectivity index (χ2n) is 8.15. The van der Waals surface area contributed by atoms with Gasteiger partial charge in [0, 0.05) is 12.6 Å². The SMILES string of the molecule is CC(C)NCC(C)(C)CCc1ccc(C(C)(C)C)cc1. The summed E-state index contributed by atoms with van der Waals surface area (Å²) >= 11 is 0. The standard InChI is InChI=1S/C19H33N/c1-15(2)20-14-19(6,7)13-12-16-8-10-17(11-9-16)18(3,4)5/h8-11,15,20H,12-14H2,1-7H3. The second kappa shape index (κ2) is 6.76. The van der Waals surface area contributed by atoms with Crippen molar-refractivity contribution in [3.8, 4) is 0 Å². The Morgan fingerprint density at radius 1 is 0.950 bits per heavy atom. The molecule has 0 spiro atoms. The summed E-state index contributed by atoms with van der Waals surface area (Å²) in [5.41, 5.74) is 3.48. The van der Waals surface area contributed by atoms with Crippen LogP contribution in [-0.2, 0) is 11.8 Å². The second-order valence-corrected chi connectivity index (χ2v) is 8.15. The van der Waals surface area contributed by atoms with Gasteiger partial charge in [-0.1, -0.05) is 72.7 Å². The lowest BCUT2D eigenvalue weighted by Gasteiger charge is -2.26. The van der Waals surface area contributed by atoms with E-state index < -0.39 is 0 Å². The van der Waals surface area contributed by atoms with E-state index >= 15 is 0 Å². The van der Waals surface area contributed by atoms with Gasteiger partial charge in [0.1, 0.15) is 0 Å². The van der Waals surface area contributed by atoms with Crippen molar-refractivity contribution in [1.29, 1.82) is 0 Å². The van der Waals surface area contributed by atoms with Crippen LogP contribution in [0.1, 0.15) is 66.0 Å². The highest BCUT2D eigenvalue weighted by molar-refractivity contribution is 5.27. The molecule has 0 saturated carbocycles. The summed E-state index contributed by atoms with van der Waals surface area (Å²) in [5, 5.41) is 3.55. The van der Waals surface area contributed by atoms with Crippen molar-refractivity contribution in [3.05, 3.63) is 35.4 Å². The lowest BCUT2D eigenvalue weighted by atomic mass is 9.84. The molecule has 0 aliphatic heterocycles. The Morgan fingerprint density at radius 2 is 1.50 bits per heavy atom. The van der Waals surface area contributed by atoms with Crippen LogP contribution in [0.15, 0.2) is 24.3 Å². The zero-order valence-corrected chi connectivity index (χ0v) is 14.5. The minimum absolute atomic E-state index is 0.249. The topological polar surface area (TPSA) is 12.0 Å². The van der Waals surface area contributed by atoms with Gasteiger partial charge < -0.3 is 5.32 Å². The van der Waals surface area contributed by atoms with Gasteiger partial charge in [-0.25, -0.2) is 0 Å². The molecule has 1 N–H and O–H groups in total. The van der Waals surface area contributed by atoms with Crippen LogP contribution in [0, 0.1) is 5.41 Å². The van der Waals surface area contributed by atoms with Gasteiger partial charge in [0.05, 0.1) is 0 Å². The van der Waals surface area contributed by atoms with Crippen LogP contribution >= 0.6 is 0 Å². The first-order valence-corrected chi connectivity index (χ1v) is 7.93. The van der Waals surface area contributed by atoms with E-state index in [-0.39, 0.29) is 5.41 Å². The van der Waals surface area contributed by atoms with E-state index in [1.165, 1.54) is 17.5 Å². The van der Waals surface area contributed by atoms with Gasteiger partial charge >= 0.3 is 0 Å². The van der Waals surface area contributed by atoms with E-state index in [2.05, 4.69) is 78.0 Å². The van der Waals surface area contributed by atoms with Crippen molar-refractivity contribution in [3.63, 3.8) is 0 Å². The van der Waals surface area contributed by atoms with Gasteiger partial charge in [-0.2, -0.15) is 0 Å². The minimum atomic E-state index is 0.249. The fraction of sp³-hybridized carbons (Fsp3) is 0.684. The van der Waals surface area contributed by atoms with Crippen LogP contribution in [0.3, 0.4) is 0 Å². The van der Waals surface area contributed by atoms with Crippen LogP contribution in [0.4, 0.5) is 0 Å². The highest BCUT2D eigenvalue weighted by Crippen LogP contribution is 2.25. The average molecular weight is 275 g/mol. The van der Waals surface area contributed by atoms with E-state index in [1.54, 1.807) is 0 Å². The number of aryl methyl sites for hydroxylation is 1. The fourth-order valence-electron chi connectivity index (χ4n) is 2.22. The normalized spacial score (nSPS) is 13.0. The van der Waals surface area contributed by atoms with Crippen LogP contribution in [-0.4, -0.2) is 12.6 Å². The monoisotopic (exact) mass is 275 g/mol. The van der Waals surface area contributed by atoms with Gasteiger partial charge in [-0.15, -0.1) is 0 Å². The van der Waals surface area contributed by atoms with Crippen molar-refractivity contribution in [1.82, 2.24) is 5.32 Å². The van der Waals surface area contributed by atoms with E-state index in [9.17, 15) is 0 Å². The molecule has 0 saturated heterocycles. The molecule has 20 heavy (non-hydrogen) atoms. The summed E-state index contributed by atoms with van der Waals surface area (Å²) < 4.78 is 0. The maximum atomic E-state index is 3.55. The third-order valence-electron chi connectivity index (χ3n) is 3.90. The van der Waals surface area contributed by atoms with Crippen molar-refractivity contribution >= 4 is 0 Å². The molecule has 1 nitrogen and oxygen atoms in total. The van der Waals surface area contributed by atoms with Gasteiger partial charge in [-0.3, -0.25) is 0 Å². The zero-order chi connectivity index (χ0) is 15.4. The fourth-order valence-corrected chi connectivity index (χ4v) is 2.22. The Balaban J connectivity index is 2.53. The first-order valence-electron chi connectivity index (χ1n) is 7.93. The molecule has 0 bridgehead atoms. The first kappa shape index (κ1) is 17.2. The Bertz CT molecular complexity index is 393. The summed E-state index contributed by atoms with van der Waals surface area (Å²) in [6.07, 6.45) is 2.39. The number of rotatable bonds is 6. The van der Waals surface area contributed by atoms with Gasteiger partial charge in [0.25, 0.3) is 0 Å². The van der Waals surface area contributed by atoms with E-state index in [0.29, 0.717) is 11.5 Å². The van der Waals surface area contributed by atoms with Crippen molar-refractivity contribution in [2.75, 3.05) is 6.54 Å². The molecule has 0 radical (unpaired) electrons. The lowest BCUT2D eigenvalue weighted by molar-refractivity contribution is 0.304. The van der Waals surface area contributed by atoms with E-state index in [1.807, 2.05) is 0 Å². The molecule has 0 aromatic heterocycles. The highest BCUT2D eigenvalue weighted by atomic mass is 14.9. The number of benzene rings is 1. The summed E-state index contributed by atoms with van der Waals surface area (Å²) in [5.74, 6) is 0. The molecule has 0 aliphatic rings. The molecule has 1 aromatic rings. The third-order valence-corrected chi connectivity index (χ3v) is 3.90. The van der Waals surface area contributed by atoms with Crippen LogP contribution in [0.5, 0.6) is 0 Å².